The molecule has 0 heterocycles. The average Bonchev–Trinajstić information content (AvgIpc) is 2.40. The second-order valence-electron chi connectivity index (χ2n) is 4.78. The Labute approximate surface area is 126 Å². The van der Waals surface area contributed by atoms with Crippen molar-refractivity contribution >= 4 is 27.5 Å². The van der Waals surface area contributed by atoms with Crippen LogP contribution in [0.1, 0.15) is 21.5 Å². The Bertz CT molecular complexity index is 670. The van der Waals surface area contributed by atoms with Gasteiger partial charge in [0.1, 0.15) is 5.82 Å². The van der Waals surface area contributed by atoms with Crippen molar-refractivity contribution in [2.24, 2.45) is 0 Å². The van der Waals surface area contributed by atoms with Crippen LogP contribution in [0.5, 0.6) is 0 Å². The normalized spacial score (nSPS) is 10.4. The molecule has 2 aromatic carbocycles. The first-order chi connectivity index (χ1) is 9.40. The van der Waals surface area contributed by atoms with Crippen molar-refractivity contribution in [2.45, 2.75) is 13.8 Å². The van der Waals surface area contributed by atoms with Crippen LogP contribution in [0.3, 0.4) is 0 Å². The third-order valence-electron chi connectivity index (χ3n) is 3.18. The Balaban J connectivity index is 2.40. The molecule has 0 atom stereocenters. The summed E-state index contributed by atoms with van der Waals surface area (Å²) in [5.41, 5.74) is 3.27. The predicted octanol–water partition coefficient (Wildman–Crippen LogP) is 4.48. The molecule has 1 amide bonds. The van der Waals surface area contributed by atoms with Gasteiger partial charge in [-0.25, -0.2) is 4.39 Å². The fourth-order valence-corrected chi connectivity index (χ4v) is 2.55. The quantitative estimate of drug-likeness (QED) is 0.792. The number of rotatable bonds is 2. The summed E-state index contributed by atoms with van der Waals surface area (Å²) in [4.78, 5) is 14.0. The van der Waals surface area contributed by atoms with Gasteiger partial charge in [-0.15, -0.1) is 0 Å². The maximum absolute atomic E-state index is 13.3. The minimum Gasteiger partial charge on any atom is -0.311 e. The number of halogens is 2. The number of aryl methyl sites for hydroxylation is 2. The molecule has 0 bridgehead atoms. The number of amides is 1. The molecule has 20 heavy (non-hydrogen) atoms. The highest BCUT2D eigenvalue weighted by atomic mass is 79.9. The zero-order valence-corrected chi connectivity index (χ0v) is 13.2. The van der Waals surface area contributed by atoms with E-state index in [0.717, 1.165) is 16.8 Å². The molecule has 0 saturated heterocycles. The van der Waals surface area contributed by atoms with Gasteiger partial charge in [-0.2, -0.15) is 0 Å². The van der Waals surface area contributed by atoms with Crippen LogP contribution >= 0.6 is 15.9 Å². The van der Waals surface area contributed by atoms with Crippen LogP contribution in [0.15, 0.2) is 40.9 Å². The molecule has 104 valence electrons. The lowest BCUT2D eigenvalue weighted by Gasteiger charge is -2.20. The Hall–Kier alpha value is -1.68. The first-order valence-corrected chi connectivity index (χ1v) is 7.00. The number of hydrogen-bond donors (Lipinski definition) is 0. The molecule has 0 aliphatic heterocycles. The molecule has 0 radical (unpaired) electrons. The molecule has 2 nitrogen and oxygen atoms in total. The van der Waals surface area contributed by atoms with Crippen molar-refractivity contribution < 1.29 is 9.18 Å². The summed E-state index contributed by atoms with van der Waals surface area (Å²) in [6, 6.07) is 9.96. The Morgan fingerprint density at radius 3 is 2.50 bits per heavy atom. The maximum atomic E-state index is 13.3. The molecule has 0 saturated carbocycles. The zero-order chi connectivity index (χ0) is 14.9. The summed E-state index contributed by atoms with van der Waals surface area (Å²) in [7, 11) is 1.69. The summed E-state index contributed by atoms with van der Waals surface area (Å²) in [6.45, 7) is 3.95. The number of nitrogens with zero attached hydrogens (tertiary/aromatic N) is 1. The van der Waals surface area contributed by atoms with Gasteiger partial charge in [-0.05, 0) is 59.6 Å². The van der Waals surface area contributed by atoms with Crippen LogP contribution in [-0.4, -0.2) is 13.0 Å². The van der Waals surface area contributed by atoms with E-state index in [0.29, 0.717) is 10.0 Å². The van der Waals surface area contributed by atoms with Crippen molar-refractivity contribution in [3.63, 3.8) is 0 Å². The summed E-state index contributed by atoms with van der Waals surface area (Å²) >= 11 is 3.29. The van der Waals surface area contributed by atoms with E-state index in [4.69, 9.17) is 0 Å². The molecule has 0 N–H and O–H groups in total. The van der Waals surface area contributed by atoms with Gasteiger partial charge in [-0.3, -0.25) is 4.79 Å². The summed E-state index contributed by atoms with van der Waals surface area (Å²) < 4.78 is 13.9. The zero-order valence-electron chi connectivity index (χ0n) is 11.6. The third-order valence-corrected chi connectivity index (χ3v) is 3.87. The van der Waals surface area contributed by atoms with Gasteiger partial charge >= 0.3 is 0 Å². The van der Waals surface area contributed by atoms with E-state index in [1.54, 1.807) is 13.1 Å². The lowest BCUT2D eigenvalue weighted by molar-refractivity contribution is 0.0991. The first-order valence-electron chi connectivity index (χ1n) is 6.20. The van der Waals surface area contributed by atoms with Gasteiger partial charge in [-0.1, -0.05) is 17.7 Å². The van der Waals surface area contributed by atoms with Gasteiger partial charge in [0.15, 0.2) is 0 Å². The highest BCUT2D eigenvalue weighted by Gasteiger charge is 2.18. The highest BCUT2D eigenvalue weighted by Crippen LogP contribution is 2.25. The lowest BCUT2D eigenvalue weighted by Crippen LogP contribution is -2.27. The van der Waals surface area contributed by atoms with Crippen LogP contribution in [0.4, 0.5) is 10.1 Å². The molecular formula is C16H15BrFNO. The smallest absolute Gasteiger partial charge is 0.259 e. The van der Waals surface area contributed by atoms with Gasteiger partial charge in [0.05, 0.1) is 5.56 Å². The SMILES string of the molecule is Cc1ccc(N(C)C(=O)c2cc(F)ccc2Br)c(C)c1. The molecule has 2 rings (SSSR count). The molecule has 0 aliphatic rings. The fraction of sp³-hybridized carbons (Fsp3) is 0.188. The van der Waals surface area contributed by atoms with E-state index in [1.807, 2.05) is 32.0 Å². The van der Waals surface area contributed by atoms with Crippen LogP contribution in [0.2, 0.25) is 0 Å². The minimum atomic E-state index is -0.425. The van der Waals surface area contributed by atoms with Crippen molar-refractivity contribution in [1.29, 1.82) is 0 Å². The monoisotopic (exact) mass is 335 g/mol. The standard InChI is InChI=1S/C16H15BrFNO/c1-10-4-7-15(11(2)8-10)19(3)16(20)13-9-12(18)5-6-14(13)17/h4-9H,1-3H3. The summed E-state index contributed by atoms with van der Waals surface area (Å²) in [6.07, 6.45) is 0. The number of hydrogen-bond acceptors (Lipinski definition) is 1. The Kier molecular flexibility index (Phi) is 4.23. The van der Waals surface area contributed by atoms with E-state index in [-0.39, 0.29) is 5.91 Å². The van der Waals surface area contributed by atoms with Crippen molar-refractivity contribution in [2.75, 3.05) is 11.9 Å². The van der Waals surface area contributed by atoms with Crippen molar-refractivity contribution in [1.82, 2.24) is 0 Å². The summed E-state index contributed by atoms with van der Waals surface area (Å²) in [5.74, 6) is -0.672. The van der Waals surface area contributed by atoms with Crippen LogP contribution in [-0.2, 0) is 0 Å². The summed E-state index contributed by atoms with van der Waals surface area (Å²) in [5, 5.41) is 0. The van der Waals surface area contributed by atoms with Crippen molar-refractivity contribution in [3.8, 4) is 0 Å². The molecule has 0 aliphatic carbocycles. The van der Waals surface area contributed by atoms with Crippen LogP contribution in [0, 0.1) is 19.7 Å². The van der Waals surface area contributed by atoms with Gasteiger partial charge < -0.3 is 4.90 Å². The number of carbonyl (C=O) groups is 1. The van der Waals surface area contributed by atoms with Gasteiger partial charge in [0.25, 0.3) is 5.91 Å². The molecule has 0 aromatic heterocycles. The Morgan fingerprint density at radius 2 is 1.85 bits per heavy atom. The molecule has 0 unspecified atom stereocenters. The minimum absolute atomic E-state index is 0.247. The molecule has 0 spiro atoms. The molecule has 4 heteroatoms. The predicted molar refractivity (Wildman–Crippen MR) is 82.7 cm³/mol. The molecular weight excluding hydrogens is 321 g/mol. The van der Waals surface area contributed by atoms with Gasteiger partial charge in [0.2, 0.25) is 0 Å². The fourth-order valence-electron chi connectivity index (χ4n) is 2.13. The van der Waals surface area contributed by atoms with E-state index in [9.17, 15) is 9.18 Å². The average molecular weight is 336 g/mol. The van der Waals surface area contributed by atoms with E-state index >= 15 is 0 Å². The van der Waals surface area contributed by atoms with E-state index < -0.39 is 5.82 Å². The third kappa shape index (κ3) is 2.90. The lowest BCUT2D eigenvalue weighted by atomic mass is 10.1. The first kappa shape index (κ1) is 14.7. The van der Waals surface area contributed by atoms with E-state index in [1.165, 1.54) is 17.0 Å². The van der Waals surface area contributed by atoms with Crippen molar-refractivity contribution in [3.05, 3.63) is 63.4 Å². The topological polar surface area (TPSA) is 20.3 Å². The second kappa shape index (κ2) is 5.75. The second-order valence-corrected chi connectivity index (χ2v) is 5.63. The largest absolute Gasteiger partial charge is 0.311 e. The van der Waals surface area contributed by atoms with E-state index in [2.05, 4.69) is 15.9 Å². The number of anilines is 1. The Morgan fingerprint density at radius 1 is 1.15 bits per heavy atom. The highest BCUT2D eigenvalue weighted by molar-refractivity contribution is 9.10. The molecule has 2 aromatic rings. The maximum Gasteiger partial charge on any atom is 0.259 e. The number of carbonyl (C=O) groups excluding carboxylic acids is 1. The van der Waals surface area contributed by atoms with Crippen LogP contribution < -0.4 is 4.90 Å². The van der Waals surface area contributed by atoms with Crippen LogP contribution in [0.25, 0.3) is 0 Å². The van der Waals surface area contributed by atoms with Gasteiger partial charge in [0, 0.05) is 17.2 Å². The molecule has 0 fully saturated rings. The number of benzene rings is 2.